The number of nitrogens with zero attached hydrogens (tertiary/aromatic N) is 1. The molecule has 0 saturated heterocycles. The molecule has 0 radical (unpaired) electrons. The van der Waals surface area contributed by atoms with E-state index in [1.165, 1.54) is 76.3 Å². The number of hydrogen-bond acceptors (Lipinski definition) is 0. The monoisotopic (exact) mass is 431 g/mol. The van der Waals surface area contributed by atoms with Crippen LogP contribution in [0, 0.1) is 6.92 Å². The Morgan fingerprint density at radius 3 is 1.41 bits per heavy atom. The molecule has 0 N–H and O–H groups in total. The molecule has 2 aromatic heterocycles. The summed E-state index contributed by atoms with van der Waals surface area (Å²) in [7, 11) is 0. The maximum absolute atomic E-state index is 2.49. The van der Waals surface area contributed by atoms with Crippen LogP contribution in [0.4, 0.5) is 0 Å². The number of rotatable bonds is 1. The first kappa shape index (κ1) is 18.1. The molecule has 8 aromatic rings. The smallest absolute Gasteiger partial charge is 0.0620 e. The Labute approximate surface area is 196 Å². The molecule has 2 heterocycles. The topological polar surface area (TPSA) is 4.41 Å². The fraction of sp³-hybridized carbons (Fsp3) is 0.0303. The summed E-state index contributed by atoms with van der Waals surface area (Å²) in [5.74, 6) is 0. The first-order valence-corrected chi connectivity index (χ1v) is 11.9. The summed E-state index contributed by atoms with van der Waals surface area (Å²) >= 11 is 0. The van der Waals surface area contributed by atoms with Crippen LogP contribution < -0.4 is 0 Å². The number of hydrogen-bond donors (Lipinski definition) is 0. The predicted molar refractivity (Wildman–Crippen MR) is 146 cm³/mol. The molecule has 0 atom stereocenters. The summed E-state index contributed by atoms with van der Waals surface area (Å²) in [5, 5.41) is 10.4. The highest BCUT2D eigenvalue weighted by Gasteiger charge is 2.20. The summed E-state index contributed by atoms with van der Waals surface area (Å²) in [6.45, 7) is 2.15. The molecule has 0 saturated carbocycles. The highest BCUT2D eigenvalue weighted by atomic mass is 14.9. The van der Waals surface area contributed by atoms with Crippen LogP contribution in [0.1, 0.15) is 5.56 Å². The van der Waals surface area contributed by atoms with Gasteiger partial charge in [-0.15, -0.1) is 0 Å². The van der Waals surface area contributed by atoms with Crippen LogP contribution in [-0.2, 0) is 0 Å². The molecule has 0 bridgehead atoms. The lowest BCUT2D eigenvalue weighted by atomic mass is 9.97. The van der Waals surface area contributed by atoms with Crippen LogP contribution in [0.25, 0.3) is 70.8 Å². The van der Waals surface area contributed by atoms with Crippen molar-refractivity contribution in [2.24, 2.45) is 0 Å². The van der Waals surface area contributed by atoms with Gasteiger partial charge in [-0.2, -0.15) is 0 Å². The molecule has 0 aliphatic carbocycles. The maximum atomic E-state index is 2.49. The Morgan fingerprint density at radius 1 is 0.441 bits per heavy atom. The molecular weight excluding hydrogens is 410 g/mol. The fourth-order valence-corrected chi connectivity index (χ4v) is 5.83. The number of fused-ring (bicyclic) bond motifs is 8. The van der Waals surface area contributed by atoms with E-state index in [0.717, 1.165) is 0 Å². The van der Waals surface area contributed by atoms with Crippen molar-refractivity contribution in [1.29, 1.82) is 0 Å². The van der Waals surface area contributed by atoms with Crippen molar-refractivity contribution in [3.63, 3.8) is 0 Å². The van der Waals surface area contributed by atoms with Crippen molar-refractivity contribution in [2.75, 3.05) is 0 Å². The second-order valence-electron chi connectivity index (χ2n) is 9.55. The lowest BCUT2D eigenvalue weighted by Gasteiger charge is -2.06. The van der Waals surface area contributed by atoms with Gasteiger partial charge in [0.25, 0.3) is 0 Å². The zero-order chi connectivity index (χ0) is 22.4. The largest absolute Gasteiger partial charge is 0.308 e. The van der Waals surface area contributed by atoms with Crippen LogP contribution in [0.5, 0.6) is 0 Å². The molecule has 0 aliphatic heterocycles. The van der Waals surface area contributed by atoms with Crippen molar-refractivity contribution in [2.45, 2.75) is 6.92 Å². The molecular formula is C33H21N. The molecule has 0 spiro atoms. The zero-order valence-corrected chi connectivity index (χ0v) is 18.8. The van der Waals surface area contributed by atoms with Crippen molar-refractivity contribution >= 4 is 59.6 Å². The minimum Gasteiger partial charge on any atom is -0.308 e. The van der Waals surface area contributed by atoms with Gasteiger partial charge < -0.3 is 4.40 Å². The zero-order valence-electron chi connectivity index (χ0n) is 18.8. The normalized spacial score (nSPS) is 12.3. The molecule has 0 fully saturated rings. The minimum absolute atomic E-state index is 1.26. The van der Waals surface area contributed by atoms with Gasteiger partial charge in [-0.3, -0.25) is 0 Å². The molecule has 0 aliphatic rings. The summed E-state index contributed by atoms with van der Waals surface area (Å²) in [6.07, 6.45) is 0. The van der Waals surface area contributed by atoms with Gasteiger partial charge in [-0.25, -0.2) is 0 Å². The van der Waals surface area contributed by atoms with Crippen molar-refractivity contribution < 1.29 is 0 Å². The lowest BCUT2D eigenvalue weighted by molar-refractivity contribution is 1.38. The van der Waals surface area contributed by atoms with E-state index in [-0.39, 0.29) is 0 Å². The number of aryl methyl sites for hydroxylation is 1. The fourth-order valence-electron chi connectivity index (χ4n) is 5.83. The summed E-state index contributed by atoms with van der Waals surface area (Å²) in [5.41, 5.74) is 7.71. The number of aromatic nitrogens is 1. The third-order valence-electron chi connectivity index (χ3n) is 7.51. The van der Waals surface area contributed by atoms with E-state index < -0.39 is 0 Å². The third-order valence-corrected chi connectivity index (χ3v) is 7.51. The highest BCUT2D eigenvalue weighted by Crippen LogP contribution is 2.43. The Bertz CT molecular complexity index is 1930. The molecule has 8 rings (SSSR count). The van der Waals surface area contributed by atoms with E-state index in [9.17, 15) is 0 Å². The molecule has 34 heavy (non-hydrogen) atoms. The maximum Gasteiger partial charge on any atom is 0.0620 e. The van der Waals surface area contributed by atoms with Crippen LogP contribution in [0.3, 0.4) is 0 Å². The molecule has 1 nitrogen and oxygen atoms in total. The van der Waals surface area contributed by atoms with E-state index in [1.54, 1.807) is 0 Å². The summed E-state index contributed by atoms with van der Waals surface area (Å²) < 4.78 is 2.49. The van der Waals surface area contributed by atoms with Gasteiger partial charge in [-0.1, -0.05) is 78.4 Å². The van der Waals surface area contributed by atoms with Gasteiger partial charge in [-0.05, 0) is 76.0 Å². The van der Waals surface area contributed by atoms with Crippen LogP contribution in [0.15, 0.2) is 109 Å². The minimum atomic E-state index is 1.26. The third kappa shape index (κ3) is 2.34. The summed E-state index contributed by atoms with van der Waals surface area (Å²) in [6, 6.07) is 40.5. The average molecular weight is 432 g/mol. The lowest BCUT2D eigenvalue weighted by Crippen LogP contribution is -1.82. The van der Waals surface area contributed by atoms with Crippen LogP contribution in [0.2, 0.25) is 0 Å². The van der Waals surface area contributed by atoms with Crippen molar-refractivity contribution in [1.82, 2.24) is 4.40 Å². The SMILES string of the molecule is Cc1ccc(-c2cc3c4cc5ccccc5cc4n4c5cc6ccccc6cc5c(c2)c34)cc1. The van der Waals surface area contributed by atoms with Crippen LogP contribution in [-0.4, -0.2) is 4.40 Å². The quantitative estimate of drug-likeness (QED) is 0.244. The van der Waals surface area contributed by atoms with E-state index in [1.807, 2.05) is 0 Å². The van der Waals surface area contributed by atoms with Gasteiger partial charge >= 0.3 is 0 Å². The Balaban J connectivity index is 1.63. The second kappa shape index (κ2) is 6.36. The molecule has 0 unspecified atom stereocenters. The molecule has 1 heteroatoms. The molecule has 6 aromatic carbocycles. The second-order valence-corrected chi connectivity index (χ2v) is 9.55. The first-order valence-electron chi connectivity index (χ1n) is 11.9. The van der Waals surface area contributed by atoms with Crippen LogP contribution >= 0.6 is 0 Å². The van der Waals surface area contributed by atoms with Gasteiger partial charge in [0.05, 0.1) is 16.6 Å². The van der Waals surface area contributed by atoms with Crippen molar-refractivity contribution in [3.8, 4) is 11.1 Å². The van der Waals surface area contributed by atoms with E-state index in [0.29, 0.717) is 0 Å². The van der Waals surface area contributed by atoms with E-state index >= 15 is 0 Å². The predicted octanol–water partition coefficient (Wildman–Crippen LogP) is 9.12. The Morgan fingerprint density at radius 2 is 0.912 bits per heavy atom. The highest BCUT2D eigenvalue weighted by molar-refractivity contribution is 6.26. The number of benzene rings is 6. The Hall–Kier alpha value is -4.36. The van der Waals surface area contributed by atoms with Crippen molar-refractivity contribution in [3.05, 3.63) is 115 Å². The van der Waals surface area contributed by atoms with E-state index in [2.05, 4.69) is 121 Å². The first-order chi connectivity index (χ1) is 16.7. The standard InChI is InChI=1S/C33H21N/c1-20-10-12-21(13-11-20)26-16-29-27-14-22-6-2-4-8-24(22)18-31(27)34-32-19-25-9-5-3-7-23(25)15-28(32)30(17-26)33(29)34/h2-19H,1H3. The van der Waals surface area contributed by atoms with Gasteiger partial charge in [0.2, 0.25) is 0 Å². The summed E-state index contributed by atoms with van der Waals surface area (Å²) in [4.78, 5) is 0. The Kier molecular flexibility index (Phi) is 3.39. The molecule has 0 amide bonds. The van der Waals surface area contributed by atoms with E-state index in [4.69, 9.17) is 0 Å². The average Bonchev–Trinajstić information content (AvgIpc) is 3.36. The van der Waals surface area contributed by atoms with Gasteiger partial charge in [0.1, 0.15) is 0 Å². The molecule has 158 valence electrons. The van der Waals surface area contributed by atoms with Gasteiger partial charge in [0.15, 0.2) is 0 Å². The van der Waals surface area contributed by atoms with Gasteiger partial charge in [0, 0.05) is 21.5 Å².